The topological polar surface area (TPSA) is 68.0 Å². The maximum absolute atomic E-state index is 11.5. The monoisotopic (exact) mass is 259 g/mol. The van der Waals surface area contributed by atoms with Crippen molar-refractivity contribution >= 4 is 5.91 Å². The molecule has 0 saturated heterocycles. The van der Waals surface area contributed by atoms with Crippen LogP contribution in [0.2, 0.25) is 0 Å². The average molecular weight is 259 g/mol. The minimum Gasteiger partial charge on any atom is -0.420 e. The van der Waals surface area contributed by atoms with E-state index >= 15 is 0 Å². The number of aryl methyl sites for hydroxylation is 1. The van der Waals surface area contributed by atoms with E-state index in [1.54, 1.807) is 0 Å². The summed E-state index contributed by atoms with van der Waals surface area (Å²) in [6.45, 7) is 4.68. The molecule has 0 aliphatic rings. The van der Waals surface area contributed by atoms with Crippen LogP contribution in [-0.2, 0) is 11.2 Å². The van der Waals surface area contributed by atoms with E-state index in [2.05, 4.69) is 15.5 Å². The molecular formula is C14H17N3O2. The molecule has 0 saturated carbocycles. The Kier molecular flexibility index (Phi) is 4.28. The number of nitrogens with one attached hydrogen (secondary N) is 1. The summed E-state index contributed by atoms with van der Waals surface area (Å²) in [5.41, 5.74) is 2.03. The standard InChI is InChI=1S/C14H17N3O2/c1-3-8-15-12(18)9-13-16-17-14(19-13)11-6-4-10(2)5-7-11/h4-7H,3,8-9H2,1-2H3,(H,15,18). The van der Waals surface area contributed by atoms with Crippen LogP contribution in [0.1, 0.15) is 24.8 Å². The fourth-order valence-corrected chi connectivity index (χ4v) is 1.60. The van der Waals surface area contributed by atoms with Crippen molar-refractivity contribution < 1.29 is 9.21 Å². The molecule has 0 unspecified atom stereocenters. The van der Waals surface area contributed by atoms with Crippen molar-refractivity contribution in [2.75, 3.05) is 6.54 Å². The van der Waals surface area contributed by atoms with Gasteiger partial charge in [0.1, 0.15) is 6.42 Å². The summed E-state index contributed by atoms with van der Waals surface area (Å²) in [5, 5.41) is 10.6. The second-order valence-corrected chi connectivity index (χ2v) is 4.39. The zero-order valence-corrected chi connectivity index (χ0v) is 11.1. The first-order valence-corrected chi connectivity index (χ1v) is 6.35. The van der Waals surface area contributed by atoms with Gasteiger partial charge in [-0.3, -0.25) is 4.79 Å². The van der Waals surface area contributed by atoms with Crippen molar-refractivity contribution in [1.29, 1.82) is 0 Å². The van der Waals surface area contributed by atoms with Crippen molar-refractivity contribution in [3.63, 3.8) is 0 Å². The Labute approximate surface area is 112 Å². The number of amides is 1. The van der Waals surface area contributed by atoms with Crippen LogP contribution >= 0.6 is 0 Å². The number of hydrogen-bond acceptors (Lipinski definition) is 4. The highest BCUT2D eigenvalue weighted by molar-refractivity contribution is 5.77. The Morgan fingerprint density at radius 2 is 2.00 bits per heavy atom. The molecule has 0 spiro atoms. The van der Waals surface area contributed by atoms with Crippen LogP contribution in [0.15, 0.2) is 28.7 Å². The van der Waals surface area contributed by atoms with Crippen LogP contribution in [0.5, 0.6) is 0 Å². The third kappa shape index (κ3) is 3.64. The number of hydrogen-bond donors (Lipinski definition) is 1. The number of aromatic nitrogens is 2. The summed E-state index contributed by atoms with van der Waals surface area (Å²) >= 11 is 0. The highest BCUT2D eigenvalue weighted by Gasteiger charge is 2.11. The van der Waals surface area contributed by atoms with Gasteiger partial charge in [0.15, 0.2) is 0 Å². The maximum Gasteiger partial charge on any atom is 0.247 e. The second-order valence-electron chi connectivity index (χ2n) is 4.39. The summed E-state index contributed by atoms with van der Waals surface area (Å²) < 4.78 is 5.48. The molecule has 0 atom stereocenters. The number of benzene rings is 1. The van der Waals surface area contributed by atoms with Gasteiger partial charge in [-0.05, 0) is 25.5 Å². The molecule has 0 radical (unpaired) electrons. The van der Waals surface area contributed by atoms with Crippen LogP contribution in [0.4, 0.5) is 0 Å². The van der Waals surface area contributed by atoms with E-state index in [0.717, 1.165) is 12.0 Å². The van der Waals surface area contributed by atoms with Gasteiger partial charge in [0, 0.05) is 12.1 Å². The number of rotatable bonds is 5. The van der Waals surface area contributed by atoms with Crippen molar-refractivity contribution in [3.05, 3.63) is 35.7 Å². The van der Waals surface area contributed by atoms with Gasteiger partial charge >= 0.3 is 0 Å². The minimum absolute atomic E-state index is 0.0963. The van der Waals surface area contributed by atoms with Crippen molar-refractivity contribution in [1.82, 2.24) is 15.5 Å². The van der Waals surface area contributed by atoms with E-state index < -0.39 is 0 Å². The van der Waals surface area contributed by atoms with E-state index in [-0.39, 0.29) is 12.3 Å². The van der Waals surface area contributed by atoms with Crippen molar-refractivity contribution in [2.45, 2.75) is 26.7 Å². The lowest BCUT2D eigenvalue weighted by Crippen LogP contribution is -2.25. The molecule has 100 valence electrons. The largest absolute Gasteiger partial charge is 0.420 e. The molecule has 2 rings (SSSR count). The third-order valence-corrected chi connectivity index (χ3v) is 2.65. The Bertz CT molecular complexity index is 546. The van der Waals surface area contributed by atoms with Gasteiger partial charge in [-0.2, -0.15) is 0 Å². The van der Waals surface area contributed by atoms with E-state index in [1.807, 2.05) is 38.1 Å². The lowest BCUT2D eigenvalue weighted by Gasteiger charge is -1.99. The first kappa shape index (κ1) is 13.3. The quantitative estimate of drug-likeness (QED) is 0.893. The first-order chi connectivity index (χ1) is 9.19. The molecule has 1 heterocycles. The predicted molar refractivity (Wildman–Crippen MR) is 71.5 cm³/mol. The van der Waals surface area contributed by atoms with Crippen LogP contribution in [0, 0.1) is 6.92 Å². The molecule has 0 bridgehead atoms. The molecule has 0 fully saturated rings. The highest BCUT2D eigenvalue weighted by atomic mass is 16.4. The molecule has 1 amide bonds. The van der Waals surface area contributed by atoms with Gasteiger partial charge in [-0.1, -0.05) is 24.6 Å². The van der Waals surface area contributed by atoms with Gasteiger partial charge in [0.25, 0.3) is 0 Å². The number of carbonyl (C=O) groups excluding carboxylic acids is 1. The summed E-state index contributed by atoms with van der Waals surface area (Å²) in [6.07, 6.45) is 1.03. The second kappa shape index (κ2) is 6.13. The zero-order chi connectivity index (χ0) is 13.7. The van der Waals surface area contributed by atoms with Crippen LogP contribution in [0.3, 0.4) is 0 Å². The van der Waals surface area contributed by atoms with Crippen LogP contribution in [-0.4, -0.2) is 22.6 Å². The maximum atomic E-state index is 11.5. The number of carbonyl (C=O) groups is 1. The molecule has 2 aromatic rings. The summed E-state index contributed by atoms with van der Waals surface area (Å²) in [7, 11) is 0. The van der Waals surface area contributed by atoms with E-state index in [0.29, 0.717) is 18.3 Å². The van der Waals surface area contributed by atoms with Crippen molar-refractivity contribution in [3.8, 4) is 11.5 Å². The van der Waals surface area contributed by atoms with Crippen molar-refractivity contribution in [2.24, 2.45) is 0 Å². The minimum atomic E-state index is -0.0963. The fourth-order valence-electron chi connectivity index (χ4n) is 1.60. The highest BCUT2D eigenvalue weighted by Crippen LogP contribution is 2.18. The molecule has 0 aliphatic carbocycles. The average Bonchev–Trinajstić information content (AvgIpc) is 2.85. The third-order valence-electron chi connectivity index (χ3n) is 2.65. The fraction of sp³-hybridized carbons (Fsp3) is 0.357. The lowest BCUT2D eigenvalue weighted by atomic mass is 10.1. The molecular weight excluding hydrogens is 242 g/mol. The Morgan fingerprint density at radius 3 is 2.68 bits per heavy atom. The van der Waals surface area contributed by atoms with Gasteiger partial charge < -0.3 is 9.73 Å². The molecule has 5 nitrogen and oxygen atoms in total. The molecule has 0 aliphatic heterocycles. The van der Waals surface area contributed by atoms with Gasteiger partial charge in [0.2, 0.25) is 17.7 Å². The summed E-state index contributed by atoms with van der Waals surface area (Å²) in [5.74, 6) is 0.684. The SMILES string of the molecule is CCCNC(=O)Cc1nnc(-c2ccc(C)cc2)o1. The normalized spacial score (nSPS) is 10.4. The van der Waals surface area contributed by atoms with E-state index in [4.69, 9.17) is 4.42 Å². The Morgan fingerprint density at radius 1 is 1.26 bits per heavy atom. The predicted octanol–water partition coefficient (Wildman–Crippen LogP) is 2.11. The lowest BCUT2D eigenvalue weighted by molar-refractivity contribution is -0.120. The zero-order valence-electron chi connectivity index (χ0n) is 11.1. The van der Waals surface area contributed by atoms with Gasteiger partial charge in [-0.15, -0.1) is 10.2 Å². The van der Waals surface area contributed by atoms with Crippen LogP contribution < -0.4 is 5.32 Å². The smallest absolute Gasteiger partial charge is 0.247 e. The number of nitrogens with zero attached hydrogens (tertiary/aromatic N) is 2. The Hall–Kier alpha value is -2.17. The summed E-state index contributed by atoms with van der Waals surface area (Å²) in [4.78, 5) is 11.5. The molecule has 1 N–H and O–H groups in total. The van der Waals surface area contributed by atoms with Crippen LogP contribution in [0.25, 0.3) is 11.5 Å². The summed E-state index contributed by atoms with van der Waals surface area (Å²) in [6, 6.07) is 7.80. The molecule has 1 aromatic carbocycles. The van der Waals surface area contributed by atoms with E-state index in [1.165, 1.54) is 5.56 Å². The van der Waals surface area contributed by atoms with Gasteiger partial charge in [-0.25, -0.2) is 0 Å². The van der Waals surface area contributed by atoms with Gasteiger partial charge in [0.05, 0.1) is 0 Å². The van der Waals surface area contributed by atoms with E-state index in [9.17, 15) is 4.79 Å². The molecule has 1 aromatic heterocycles. The molecule has 5 heteroatoms. The molecule has 19 heavy (non-hydrogen) atoms. The Balaban J connectivity index is 2.02. The first-order valence-electron chi connectivity index (χ1n) is 6.35.